The lowest BCUT2D eigenvalue weighted by Crippen LogP contribution is -2.26. The van der Waals surface area contributed by atoms with E-state index in [4.69, 9.17) is 24.7 Å². The van der Waals surface area contributed by atoms with Gasteiger partial charge in [0.2, 0.25) is 5.88 Å². The number of benzene rings is 3. The lowest BCUT2D eigenvalue weighted by Gasteiger charge is -2.33. The molecule has 3 aromatic rings. The molecule has 33 heavy (non-hydrogen) atoms. The van der Waals surface area contributed by atoms with Crippen LogP contribution in [0.15, 0.2) is 83.8 Å². The molecule has 164 valence electrons. The van der Waals surface area contributed by atoms with Gasteiger partial charge in [-0.15, -0.1) is 0 Å². The zero-order valence-corrected chi connectivity index (χ0v) is 18.3. The molecule has 0 bridgehead atoms. The molecule has 2 aliphatic rings. The van der Waals surface area contributed by atoms with E-state index in [9.17, 15) is 5.26 Å². The van der Waals surface area contributed by atoms with Crippen LogP contribution in [0.1, 0.15) is 17.0 Å². The molecule has 6 heteroatoms. The van der Waals surface area contributed by atoms with E-state index in [0.717, 1.165) is 39.3 Å². The highest BCUT2D eigenvalue weighted by Gasteiger charge is 2.37. The van der Waals surface area contributed by atoms with Gasteiger partial charge in [-0.1, -0.05) is 30.3 Å². The standard InChI is InChI=1S/C27H22N2O4/c1-30-18-7-5-6-16(12-18)20-13-17(10-11-23(20)31-2)25-21(14-28)27(29)33-26-19-8-3-4-9-24(19)32-15-22(25)26/h3-13,25H,15,29H2,1-2H3. The van der Waals surface area contributed by atoms with Gasteiger partial charge in [-0.3, -0.25) is 0 Å². The van der Waals surface area contributed by atoms with Crippen LogP contribution in [0, 0.1) is 11.3 Å². The smallest absolute Gasteiger partial charge is 0.205 e. The lowest BCUT2D eigenvalue weighted by molar-refractivity contribution is 0.294. The van der Waals surface area contributed by atoms with Crippen molar-refractivity contribution < 1.29 is 18.9 Å². The number of hydrogen-bond donors (Lipinski definition) is 1. The molecule has 5 rings (SSSR count). The van der Waals surface area contributed by atoms with Crippen molar-refractivity contribution in [3.8, 4) is 34.4 Å². The SMILES string of the molecule is COc1cccc(-c2cc(C3C(C#N)=C(N)OC4=C3COc3ccccc34)ccc2OC)c1. The molecule has 0 radical (unpaired) electrons. The van der Waals surface area contributed by atoms with Crippen LogP contribution >= 0.6 is 0 Å². The van der Waals surface area contributed by atoms with Gasteiger partial charge in [0.05, 0.1) is 25.7 Å². The Morgan fingerprint density at radius 3 is 2.61 bits per heavy atom. The van der Waals surface area contributed by atoms with Crippen LogP contribution in [-0.4, -0.2) is 20.8 Å². The first-order valence-corrected chi connectivity index (χ1v) is 10.5. The van der Waals surface area contributed by atoms with Crippen molar-refractivity contribution in [3.63, 3.8) is 0 Å². The number of nitriles is 1. The summed E-state index contributed by atoms with van der Waals surface area (Å²) in [5.74, 6) is 2.55. The Morgan fingerprint density at radius 1 is 0.970 bits per heavy atom. The molecular formula is C27H22N2O4. The largest absolute Gasteiger partial charge is 0.497 e. The Balaban J connectivity index is 1.69. The Morgan fingerprint density at radius 2 is 1.82 bits per heavy atom. The van der Waals surface area contributed by atoms with Gasteiger partial charge in [-0.05, 0) is 47.5 Å². The van der Waals surface area contributed by atoms with Crippen molar-refractivity contribution in [1.82, 2.24) is 0 Å². The van der Waals surface area contributed by atoms with Crippen molar-refractivity contribution in [1.29, 1.82) is 5.26 Å². The maximum absolute atomic E-state index is 9.96. The molecule has 0 aromatic heterocycles. The Kier molecular flexibility index (Phi) is 5.15. The third kappa shape index (κ3) is 3.44. The summed E-state index contributed by atoms with van der Waals surface area (Å²) in [7, 11) is 3.27. The Labute approximate surface area is 192 Å². The molecule has 2 N–H and O–H groups in total. The van der Waals surface area contributed by atoms with E-state index in [1.165, 1.54) is 0 Å². The van der Waals surface area contributed by atoms with Gasteiger partial charge >= 0.3 is 0 Å². The summed E-state index contributed by atoms with van der Waals surface area (Å²) in [6.45, 7) is 0.302. The summed E-state index contributed by atoms with van der Waals surface area (Å²) in [6.07, 6.45) is 0. The van der Waals surface area contributed by atoms with Crippen LogP contribution in [0.5, 0.6) is 17.2 Å². The van der Waals surface area contributed by atoms with Crippen LogP contribution in [0.25, 0.3) is 16.9 Å². The maximum Gasteiger partial charge on any atom is 0.205 e. The minimum Gasteiger partial charge on any atom is -0.497 e. The van der Waals surface area contributed by atoms with Crippen LogP contribution in [0.2, 0.25) is 0 Å². The molecule has 1 unspecified atom stereocenters. The van der Waals surface area contributed by atoms with Gasteiger partial charge < -0.3 is 24.7 Å². The number of fused-ring (bicyclic) bond motifs is 2. The summed E-state index contributed by atoms with van der Waals surface area (Å²) >= 11 is 0. The summed E-state index contributed by atoms with van der Waals surface area (Å²) < 4.78 is 23.0. The highest BCUT2D eigenvalue weighted by Crippen LogP contribution is 2.47. The molecule has 6 nitrogen and oxygen atoms in total. The summed E-state index contributed by atoms with van der Waals surface area (Å²) in [5, 5.41) is 9.96. The molecule has 0 spiro atoms. The average molecular weight is 438 g/mol. The number of ether oxygens (including phenoxy) is 4. The maximum atomic E-state index is 9.96. The third-order valence-electron chi connectivity index (χ3n) is 5.98. The van der Waals surface area contributed by atoms with Crippen LogP contribution in [0.4, 0.5) is 0 Å². The number of rotatable bonds is 4. The lowest BCUT2D eigenvalue weighted by atomic mass is 9.80. The van der Waals surface area contributed by atoms with Gasteiger partial charge in [0.15, 0.2) is 0 Å². The van der Waals surface area contributed by atoms with Gasteiger partial charge in [0.1, 0.15) is 41.3 Å². The summed E-state index contributed by atoms with van der Waals surface area (Å²) in [6, 6.07) is 23.6. The molecule has 2 heterocycles. The monoisotopic (exact) mass is 438 g/mol. The van der Waals surface area contributed by atoms with E-state index in [0.29, 0.717) is 23.7 Å². The first-order chi connectivity index (χ1) is 16.1. The van der Waals surface area contributed by atoms with Gasteiger partial charge in [-0.25, -0.2) is 0 Å². The van der Waals surface area contributed by atoms with E-state index >= 15 is 0 Å². The van der Waals surface area contributed by atoms with E-state index in [-0.39, 0.29) is 5.88 Å². The fourth-order valence-electron chi connectivity index (χ4n) is 4.40. The molecule has 0 fully saturated rings. The predicted octanol–water partition coefficient (Wildman–Crippen LogP) is 4.98. The van der Waals surface area contributed by atoms with Gasteiger partial charge in [0.25, 0.3) is 0 Å². The van der Waals surface area contributed by atoms with Gasteiger partial charge in [-0.2, -0.15) is 5.26 Å². The second-order valence-corrected chi connectivity index (χ2v) is 7.76. The fourth-order valence-corrected chi connectivity index (χ4v) is 4.40. The molecular weight excluding hydrogens is 416 g/mol. The zero-order valence-electron chi connectivity index (χ0n) is 18.3. The van der Waals surface area contributed by atoms with Crippen molar-refractivity contribution in [2.75, 3.05) is 20.8 Å². The average Bonchev–Trinajstić information content (AvgIpc) is 2.87. The van der Waals surface area contributed by atoms with E-state index in [2.05, 4.69) is 6.07 Å². The fraction of sp³-hybridized carbons (Fsp3) is 0.148. The molecule has 0 amide bonds. The first kappa shape index (κ1) is 20.5. The van der Waals surface area contributed by atoms with E-state index < -0.39 is 5.92 Å². The Hall–Kier alpha value is -4.37. The number of allylic oxidation sites excluding steroid dienone is 1. The summed E-state index contributed by atoms with van der Waals surface area (Å²) in [5.41, 5.74) is 11.0. The molecule has 0 saturated carbocycles. The minimum absolute atomic E-state index is 0.108. The predicted molar refractivity (Wildman–Crippen MR) is 124 cm³/mol. The highest BCUT2D eigenvalue weighted by molar-refractivity contribution is 5.77. The normalized spacial score (nSPS) is 16.7. The molecule has 0 saturated heterocycles. The number of nitrogens with two attached hydrogens (primary N) is 1. The summed E-state index contributed by atoms with van der Waals surface area (Å²) in [4.78, 5) is 0. The number of para-hydroxylation sites is 1. The second-order valence-electron chi connectivity index (χ2n) is 7.76. The van der Waals surface area contributed by atoms with E-state index in [1.807, 2.05) is 66.7 Å². The van der Waals surface area contributed by atoms with E-state index in [1.54, 1.807) is 14.2 Å². The molecule has 3 aromatic carbocycles. The highest BCUT2D eigenvalue weighted by atomic mass is 16.5. The zero-order chi connectivity index (χ0) is 22.9. The van der Waals surface area contributed by atoms with Crippen molar-refractivity contribution in [2.45, 2.75) is 5.92 Å². The minimum atomic E-state index is -0.401. The van der Waals surface area contributed by atoms with Gasteiger partial charge in [0, 0.05) is 11.1 Å². The van der Waals surface area contributed by atoms with Crippen LogP contribution < -0.4 is 19.9 Å². The van der Waals surface area contributed by atoms with Crippen molar-refractivity contribution in [3.05, 3.63) is 94.9 Å². The third-order valence-corrected chi connectivity index (χ3v) is 5.98. The molecule has 0 aliphatic carbocycles. The Bertz CT molecular complexity index is 1350. The van der Waals surface area contributed by atoms with Crippen molar-refractivity contribution >= 4 is 5.76 Å². The van der Waals surface area contributed by atoms with Crippen LogP contribution in [0.3, 0.4) is 0 Å². The molecule has 2 aliphatic heterocycles. The quantitative estimate of drug-likeness (QED) is 0.618. The van der Waals surface area contributed by atoms with Crippen LogP contribution in [-0.2, 0) is 4.74 Å². The number of nitrogens with zero attached hydrogens (tertiary/aromatic N) is 1. The second kappa shape index (κ2) is 8.29. The molecule has 1 atom stereocenters. The van der Waals surface area contributed by atoms with Crippen molar-refractivity contribution in [2.24, 2.45) is 5.73 Å². The number of methoxy groups -OCH3 is 2. The topological polar surface area (TPSA) is 86.7 Å². The number of hydrogen-bond acceptors (Lipinski definition) is 6. The first-order valence-electron chi connectivity index (χ1n) is 10.5.